The number of hydrogen-bond acceptors (Lipinski definition) is 0. The van der Waals surface area contributed by atoms with Crippen molar-refractivity contribution in [2.45, 2.75) is 91.9 Å². The van der Waals surface area contributed by atoms with E-state index in [2.05, 4.69) is 12.2 Å². The first-order valence-corrected chi connectivity index (χ1v) is 7.75. The van der Waals surface area contributed by atoms with Gasteiger partial charge in [0.25, 0.3) is 0 Å². The van der Waals surface area contributed by atoms with Gasteiger partial charge in [-0.1, -0.05) is 64.2 Å². The average molecular weight is 340 g/mol. The van der Waals surface area contributed by atoms with Crippen LogP contribution in [-0.4, -0.2) is 0 Å². The van der Waals surface area contributed by atoms with E-state index in [1.54, 1.807) is 0 Å². The van der Waals surface area contributed by atoms with Gasteiger partial charge in [0, 0.05) is 0 Å². The van der Waals surface area contributed by atoms with Crippen LogP contribution >= 0.6 is 0 Å². The SMILES string of the molecule is C1CCCC1.C1CCCC1.C[C-]=C(C)C(C)=[C-]C.[Zr+4]. The van der Waals surface area contributed by atoms with E-state index in [4.69, 9.17) is 0 Å². The van der Waals surface area contributed by atoms with E-state index in [0.29, 0.717) is 0 Å². The summed E-state index contributed by atoms with van der Waals surface area (Å²) in [5.41, 5.74) is 2.38. The van der Waals surface area contributed by atoms with Crippen molar-refractivity contribution in [3.8, 4) is 0 Å². The maximum absolute atomic E-state index is 3.03. The van der Waals surface area contributed by atoms with Crippen molar-refractivity contribution in [2.24, 2.45) is 0 Å². The molecule has 106 valence electrons. The second-order valence-electron chi connectivity index (χ2n) is 5.29. The molecule has 2 aliphatic rings. The Morgan fingerprint density at radius 2 is 0.684 bits per heavy atom. The Hall–Kier alpha value is 0.363. The predicted octanol–water partition coefficient (Wildman–Crippen LogP) is 6.42. The van der Waals surface area contributed by atoms with Crippen molar-refractivity contribution in [2.75, 3.05) is 0 Å². The summed E-state index contributed by atoms with van der Waals surface area (Å²) in [4.78, 5) is 0. The standard InChI is InChI=1S/C8H12.2C5H10.Zr/c1-5-7(3)8(4)6-2;2*1-2-4-5-3-1;/h1-4H3;2*1-5H2;/q-2;;;+4. The molecule has 0 aliphatic heterocycles. The van der Waals surface area contributed by atoms with Crippen molar-refractivity contribution in [1.82, 2.24) is 0 Å². The van der Waals surface area contributed by atoms with Crippen LogP contribution in [0, 0.1) is 12.2 Å². The van der Waals surface area contributed by atoms with Gasteiger partial charge < -0.3 is 23.3 Å². The minimum Gasteiger partial charge on any atom is -0.376 e. The fourth-order valence-corrected chi connectivity index (χ4v) is 2.14. The predicted molar refractivity (Wildman–Crippen MR) is 82.4 cm³/mol. The third kappa shape index (κ3) is 14.6. The Balaban J connectivity index is 0. The fourth-order valence-electron chi connectivity index (χ4n) is 2.14. The van der Waals surface area contributed by atoms with E-state index < -0.39 is 0 Å². The first-order valence-electron chi connectivity index (χ1n) is 7.75. The van der Waals surface area contributed by atoms with Gasteiger partial charge in [0.05, 0.1) is 0 Å². The summed E-state index contributed by atoms with van der Waals surface area (Å²) in [5, 5.41) is 0. The zero-order valence-corrected chi connectivity index (χ0v) is 16.0. The van der Waals surface area contributed by atoms with Crippen LogP contribution in [0.25, 0.3) is 0 Å². The molecule has 0 radical (unpaired) electrons. The van der Waals surface area contributed by atoms with Crippen molar-refractivity contribution in [3.63, 3.8) is 0 Å². The maximum Gasteiger partial charge on any atom is 4.00 e. The van der Waals surface area contributed by atoms with Crippen LogP contribution < -0.4 is 0 Å². The molecule has 0 bridgehead atoms. The van der Waals surface area contributed by atoms with E-state index in [0.717, 1.165) is 0 Å². The summed E-state index contributed by atoms with van der Waals surface area (Å²) in [6, 6.07) is 0. The van der Waals surface area contributed by atoms with Crippen LogP contribution in [0.2, 0.25) is 0 Å². The molecule has 0 aromatic carbocycles. The summed E-state index contributed by atoms with van der Waals surface area (Å²) in [7, 11) is 0. The van der Waals surface area contributed by atoms with Crippen molar-refractivity contribution in [1.29, 1.82) is 0 Å². The van der Waals surface area contributed by atoms with Crippen LogP contribution in [0.1, 0.15) is 91.9 Å². The number of allylic oxidation sites excluding steroid dienone is 4. The molecule has 0 spiro atoms. The monoisotopic (exact) mass is 338 g/mol. The van der Waals surface area contributed by atoms with E-state index in [1.165, 1.54) is 75.4 Å². The zero-order valence-electron chi connectivity index (χ0n) is 13.6. The number of hydrogen-bond donors (Lipinski definition) is 0. The summed E-state index contributed by atoms with van der Waals surface area (Å²) in [5.74, 6) is 0. The molecule has 2 saturated carbocycles. The quantitative estimate of drug-likeness (QED) is 0.382. The van der Waals surface area contributed by atoms with Crippen molar-refractivity contribution >= 4 is 0 Å². The van der Waals surface area contributed by atoms with Gasteiger partial charge in [0.1, 0.15) is 0 Å². The summed E-state index contributed by atoms with van der Waals surface area (Å²) >= 11 is 0. The third-order valence-electron chi connectivity index (χ3n) is 3.81. The smallest absolute Gasteiger partial charge is 0.376 e. The average Bonchev–Trinajstić information content (AvgIpc) is 3.12. The molecule has 0 aromatic rings. The molecule has 2 fully saturated rings. The molecular formula is C18H32Zr+2. The molecule has 2 aliphatic carbocycles. The topological polar surface area (TPSA) is 0 Å². The Morgan fingerprint density at radius 3 is 0.789 bits per heavy atom. The Kier molecular flexibility index (Phi) is 18.7. The Morgan fingerprint density at radius 1 is 0.526 bits per heavy atom. The van der Waals surface area contributed by atoms with E-state index >= 15 is 0 Å². The second-order valence-corrected chi connectivity index (χ2v) is 5.29. The van der Waals surface area contributed by atoms with Crippen LogP contribution in [0.4, 0.5) is 0 Å². The molecular weight excluding hydrogens is 307 g/mol. The summed E-state index contributed by atoms with van der Waals surface area (Å²) in [6.45, 7) is 7.89. The van der Waals surface area contributed by atoms with Gasteiger partial charge in [0.15, 0.2) is 0 Å². The van der Waals surface area contributed by atoms with Crippen LogP contribution in [0.3, 0.4) is 0 Å². The molecule has 0 aromatic heterocycles. The van der Waals surface area contributed by atoms with Gasteiger partial charge in [-0.15, -0.1) is 27.7 Å². The minimum atomic E-state index is 0. The molecule has 2 rings (SSSR count). The van der Waals surface area contributed by atoms with Crippen LogP contribution in [-0.2, 0) is 26.2 Å². The maximum atomic E-state index is 3.03. The molecule has 0 N–H and O–H groups in total. The second kappa shape index (κ2) is 16.4. The molecule has 19 heavy (non-hydrogen) atoms. The van der Waals surface area contributed by atoms with Crippen molar-refractivity contribution in [3.05, 3.63) is 23.3 Å². The molecule has 0 amide bonds. The van der Waals surface area contributed by atoms with E-state index in [9.17, 15) is 0 Å². The van der Waals surface area contributed by atoms with Gasteiger partial charge in [-0.3, -0.25) is 0 Å². The summed E-state index contributed by atoms with van der Waals surface area (Å²) < 4.78 is 0. The Bertz CT molecular complexity index is 189. The van der Waals surface area contributed by atoms with Gasteiger partial charge in [-0.25, -0.2) is 0 Å². The molecule has 0 heterocycles. The molecule has 0 saturated heterocycles. The molecule has 0 nitrogen and oxygen atoms in total. The molecule has 0 unspecified atom stereocenters. The normalized spacial score (nSPS) is 18.7. The third-order valence-corrected chi connectivity index (χ3v) is 3.81. The molecule has 1 heteroatoms. The zero-order chi connectivity index (χ0) is 13.6. The van der Waals surface area contributed by atoms with Gasteiger partial charge in [-0.05, 0) is 0 Å². The van der Waals surface area contributed by atoms with Crippen LogP contribution in [0.5, 0.6) is 0 Å². The van der Waals surface area contributed by atoms with E-state index in [-0.39, 0.29) is 26.2 Å². The first kappa shape index (κ1) is 21.7. The Labute approximate surface area is 141 Å². The first-order chi connectivity index (χ1) is 8.72. The largest absolute Gasteiger partial charge is 4.00 e. The molecule has 0 atom stereocenters. The van der Waals surface area contributed by atoms with Gasteiger partial charge >= 0.3 is 26.2 Å². The minimum absolute atomic E-state index is 0. The summed E-state index contributed by atoms with van der Waals surface area (Å²) in [6.07, 6.45) is 21.1. The van der Waals surface area contributed by atoms with Gasteiger partial charge in [-0.2, -0.15) is 0 Å². The van der Waals surface area contributed by atoms with E-state index in [1.807, 2.05) is 27.7 Å². The fraction of sp³-hybridized carbons (Fsp3) is 0.778. The van der Waals surface area contributed by atoms with Gasteiger partial charge in [0.2, 0.25) is 0 Å². The van der Waals surface area contributed by atoms with Crippen molar-refractivity contribution < 1.29 is 26.2 Å². The number of rotatable bonds is 1. The van der Waals surface area contributed by atoms with Crippen LogP contribution in [0.15, 0.2) is 11.1 Å².